The molecule has 0 saturated heterocycles. The van der Waals surface area contributed by atoms with Crippen molar-refractivity contribution in [2.24, 2.45) is 7.05 Å². The van der Waals surface area contributed by atoms with Crippen LogP contribution in [0.15, 0.2) is 48.5 Å². The van der Waals surface area contributed by atoms with E-state index >= 15 is 0 Å². The highest BCUT2D eigenvalue weighted by Crippen LogP contribution is 2.38. The topological polar surface area (TPSA) is 40.2 Å². The van der Waals surface area contributed by atoms with Gasteiger partial charge in [0.15, 0.2) is 0 Å². The van der Waals surface area contributed by atoms with Gasteiger partial charge in [-0.3, -0.25) is 0 Å². The molecule has 0 bridgehead atoms. The van der Waals surface area contributed by atoms with Crippen molar-refractivity contribution in [2.75, 3.05) is 5.73 Å². The Morgan fingerprint density at radius 2 is 1.60 bits per heavy atom. The second-order valence-corrected chi connectivity index (χ2v) is 13.0. The average Bonchev–Trinajstić information content (AvgIpc) is 2.83. The van der Waals surface area contributed by atoms with E-state index in [2.05, 4.69) is 81.9 Å². The predicted molar refractivity (Wildman–Crippen MR) is 111 cm³/mol. The lowest BCUT2D eigenvalue weighted by Gasteiger charge is -2.36. The smallest absolute Gasteiger partial charge is 0.250 e. The zero-order valence-electron chi connectivity index (χ0n) is 16.1. The van der Waals surface area contributed by atoms with E-state index in [1.807, 2.05) is 12.1 Å². The molecule has 0 spiro atoms. The number of anilines is 1. The summed E-state index contributed by atoms with van der Waals surface area (Å²) < 4.78 is 8.58. The van der Waals surface area contributed by atoms with Gasteiger partial charge in [0.05, 0.1) is 0 Å². The fraction of sp³-hybridized carbons (Fsp3) is 0.333. The molecule has 3 aromatic rings. The van der Waals surface area contributed by atoms with Crippen molar-refractivity contribution in [3.63, 3.8) is 0 Å². The van der Waals surface area contributed by atoms with Crippen molar-refractivity contribution in [1.29, 1.82) is 0 Å². The fourth-order valence-corrected chi connectivity index (χ4v) is 3.82. The number of rotatable bonds is 3. The Morgan fingerprint density at radius 1 is 0.960 bits per heavy atom. The first kappa shape index (κ1) is 17.6. The summed E-state index contributed by atoms with van der Waals surface area (Å²) in [5, 5.41) is 1.36. The number of benzene rings is 2. The van der Waals surface area contributed by atoms with Crippen molar-refractivity contribution in [3.05, 3.63) is 48.5 Å². The molecule has 1 aromatic heterocycles. The quantitative estimate of drug-likeness (QED) is 0.477. The lowest BCUT2D eigenvalue weighted by atomic mass is 10.1. The number of hydrogen-bond acceptors (Lipinski definition) is 2. The van der Waals surface area contributed by atoms with Crippen LogP contribution in [0.2, 0.25) is 18.1 Å². The minimum Gasteiger partial charge on any atom is -0.544 e. The van der Waals surface area contributed by atoms with E-state index in [0.717, 1.165) is 11.4 Å². The SMILES string of the molecule is Cn1c(-c2ccc(O[Si](C)(C)C(C)(C)C)cc2)cc2cc(N)ccc21. The maximum absolute atomic E-state index is 6.38. The minimum atomic E-state index is -1.81. The van der Waals surface area contributed by atoms with E-state index in [1.54, 1.807) is 0 Å². The molecule has 0 unspecified atom stereocenters. The van der Waals surface area contributed by atoms with Gasteiger partial charge in [-0.05, 0) is 72.2 Å². The molecule has 0 aliphatic rings. The van der Waals surface area contributed by atoms with Crippen molar-refractivity contribution in [1.82, 2.24) is 4.57 Å². The van der Waals surface area contributed by atoms with E-state index < -0.39 is 8.32 Å². The Kier molecular flexibility index (Phi) is 4.19. The molecule has 0 atom stereocenters. The third-order valence-electron chi connectivity index (χ3n) is 5.40. The van der Waals surface area contributed by atoms with Crippen LogP contribution in [0.4, 0.5) is 5.69 Å². The first-order valence-electron chi connectivity index (χ1n) is 8.73. The van der Waals surface area contributed by atoms with Crippen molar-refractivity contribution in [3.8, 4) is 17.0 Å². The molecule has 0 radical (unpaired) electrons. The van der Waals surface area contributed by atoms with Crippen LogP contribution >= 0.6 is 0 Å². The zero-order valence-corrected chi connectivity index (χ0v) is 17.1. The van der Waals surface area contributed by atoms with Gasteiger partial charge in [-0.25, -0.2) is 0 Å². The van der Waals surface area contributed by atoms with Gasteiger partial charge in [0.2, 0.25) is 8.32 Å². The summed E-state index contributed by atoms with van der Waals surface area (Å²) in [6, 6.07) is 16.7. The molecule has 4 heteroatoms. The normalized spacial score (nSPS) is 12.6. The predicted octanol–water partition coefficient (Wildman–Crippen LogP) is 5.81. The molecule has 132 valence electrons. The maximum Gasteiger partial charge on any atom is 0.250 e. The number of nitrogens with two attached hydrogens (primary N) is 1. The van der Waals surface area contributed by atoms with Gasteiger partial charge in [0.25, 0.3) is 0 Å². The first-order chi connectivity index (χ1) is 11.6. The highest BCUT2D eigenvalue weighted by Gasteiger charge is 2.38. The van der Waals surface area contributed by atoms with Crippen LogP contribution in [0, 0.1) is 0 Å². The Hall–Kier alpha value is -2.20. The van der Waals surface area contributed by atoms with Gasteiger partial charge in [0, 0.05) is 29.3 Å². The molecular formula is C21H28N2OSi. The van der Waals surface area contributed by atoms with Gasteiger partial charge in [-0.2, -0.15) is 0 Å². The van der Waals surface area contributed by atoms with E-state index in [9.17, 15) is 0 Å². The monoisotopic (exact) mass is 352 g/mol. The second-order valence-electron chi connectivity index (χ2n) is 8.29. The first-order valence-corrected chi connectivity index (χ1v) is 11.6. The number of aromatic nitrogens is 1. The third kappa shape index (κ3) is 3.31. The molecule has 0 aliphatic heterocycles. The second kappa shape index (κ2) is 5.95. The van der Waals surface area contributed by atoms with E-state index in [1.165, 1.54) is 22.2 Å². The van der Waals surface area contributed by atoms with Gasteiger partial charge in [-0.15, -0.1) is 0 Å². The summed E-state index contributed by atoms with van der Waals surface area (Å²) in [4.78, 5) is 0. The third-order valence-corrected chi connectivity index (χ3v) is 9.75. The zero-order chi connectivity index (χ0) is 18.4. The van der Waals surface area contributed by atoms with Gasteiger partial charge >= 0.3 is 0 Å². The van der Waals surface area contributed by atoms with Crippen LogP contribution in [0.1, 0.15) is 20.8 Å². The molecule has 25 heavy (non-hydrogen) atoms. The number of aryl methyl sites for hydroxylation is 1. The van der Waals surface area contributed by atoms with E-state index in [-0.39, 0.29) is 5.04 Å². The van der Waals surface area contributed by atoms with Crippen LogP contribution in [0.5, 0.6) is 5.75 Å². The van der Waals surface area contributed by atoms with Crippen LogP contribution < -0.4 is 10.2 Å². The van der Waals surface area contributed by atoms with Gasteiger partial charge < -0.3 is 14.7 Å². The van der Waals surface area contributed by atoms with Crippen LogP contribution in [0.25, 0.3) is 22.2 Å². The molecule has 1 heterocycles. The van der Waals surface area contributed by atoms with Crippen molar-refractivity contribution in [2.45, 2.75) is 38.9 Å². The number of hydrogen-bond donors (Lipinski definition) is 1. The summed E-state index contributed by atoms with van der Waals surface area (Å²) in [5.74, 6) is 0.957. The molecule has 2 N–H and O–H groups in total. The average molecular weight is 353 g/mol. The molecule has 0 saturated carbocycles. The molecule has 0 aliphatic carbocycles. The summed E-state index contributed by atoms with van der Waals surface area (Å²) in [6.45, 7) is 11.3. The van der Waals surface area contributed by atoms with E-state index in [0.29, 0.717) is 0 Å². The Labute approximate surface area is 151 Å². The molecule has 3 nitrogen and oxygen atoms in total. The highest BCUT2D eigenvalue weighted by atomic mass is 28.4. The van der Waals surface area contributed by atoms with Gasteiger partial charge in [-0.1, -0.05) is 20.8 Å². The van der Waals surface area contributed by atoms with E-state index in [4.69, 9.17) is 10.2 Å². The highest BCUT2D eigenvalue weighted by molar-refractivity contribution is 6.74. The molecular weight excluding hydrogens is 324 g/mol. The standard InChI is InChI=1S/C21H28N2OSi/c1-21(2,3)25(5,6)24-18-10-7-15(8-11-18)20-14-16-13-17(22)9-12-19(16)23(20)4/h7-14H,22H2,1-6H3. The van der Waals surface area contributed by atoms with Gasteiger partial charge in [0.1, 0.15) is 5.75 Å². The van der Waals surface area contributed by atoms with Crippen LogP contribution in [0.3, 0.4) is 0 Å². The molecule has 0 amide bonds. The van der Waals surface area contributed by atoms with Crippen molar-refractivity contribution < 1.29 is 4.43 Å². The number of fused-ring (bicyclic) bond motifs is 1. The Balaban J connectivity index is 1.92. The lowest BCUT2D eigenvalue weighted by molar-refractivity contribution is 0.492. The molecule has 2 aromatic carbocycles. The fourth-order valence-electron chi connectivity index (χ4n) is 2.79. The molecule has 0 fully saturated rings. The number of nitrogens with zero attached hydrogens (tertiary/aromatic N) is 1. The Bertz CT molecular complexity index is 902. The Morgan fingerprint density at radius 3 is 2.20 bits per heavy atom. The van der Waals surface area contributed by atoms with Crippen LogP contribution in [-0.4, -0.2) is 12.9 Å². The van der Waals surface area contributed by atoms with Crippen LogP contribution in [-0.2, 0) is 7.05 Å². The lowest BCUT2D eigenvalue weighted by Crippen LogP contribution is -2.43. The maximum atomic E-state index is 6.38. The number of nitrogen functional groups attached to an aromatic ring is 1. The summed E-state index contributed by atoms with van der Waals surface area (Å²) >= 11 is 0. The summed E-state index contributed by atoms with van der Waals surface area (Å²) in [5.41, 5.74) is 10.3. The minimum absolute atomic E-state index is 0.196. The largest absolute Gasteiger partial charge is 0.544 e. The van der Waals surface area contributed by atoms with Crippen molar-refractivity contribution >= 4 is 24.9 Å². The molecule has 3 rings (SSSR count). The summed E-state index contributed by atoms with van der Waals surface area (Å²) in [7, 11) is 0.286. The summed E-state index contributed by atoms with van der Waals surface area (Å²) in [6.07, 6.45) is 0.